The SMILES string of the molecule is CC(C)CNC(=O)NC(=O)C(C)N1CCN(Cc2ccc(F)cc2Cl)CC1. The fourth-order valence-corrected chi connectivity index (χ4v) is 3.15. The topological polar surface area (TPSA) is 64.7 Å². The minimum atomic E-state index is -0.454. The molecule has 3 amide bonds. The number of nitrogens with one attached hydrogen (secondary N) is 2. The number of hydrogen-bond acceptors (Lipinski definition) is 4. The third kappa shape index (κ3) is 6.75. The average Bonchev–Trinajstić information content (AvgIpc) is 2.62. The van der Waals surface area contributed by atoms with Gasteiger partial charge in [-0.3, -0.25) is 19.9 Å². The molecule has 0 aliphatic carbocycles. The first-order chi connectivity index (χ1) is 12.8. The molecule has 0 spiro atoms. The maximum absolute atomic E-state index is 13.1. The number of carbonyl (C=O) groups is 2. The van der Waals surface area contributed by atoms with Gasteiger partial charge in [-0.1, -0.05) is 31.5 Å². The van der Waals surface area contributed by atoms with Gasteiger partial charge in [-0.05, 0) is 30.5 Å². The first-order valence-corrected chi connectivity index (χ1v) is 9.63. The van der Waals surface area contributed by atoms with Crippen molar-refractivity contribution in [2.24, 2.45) is 5.92 Å². The van der Waals surface area contributed by atoms with Gasteiger partial charge in [0.05, 0.1) is 6.04 Å². The largest absolute Gasteiger partial charge is 0.338 e. The number of carbonyl (C=O) groups excluding carboxylic acids is 2. The summed E-state index contributed by atoms with van der Waals surface area (Å²) in [7, 11) is 0. The lowest BCUT2D eigenvalue weighted by molar-refractivity contribution is -0.125. The Morgan fingerprint density at radius 2 is 1.85 bits per heavy atom. The van der Waals surface area contributed by atoms with E-state index in [9.17, 15) is 14.0 Å². The van der Waals surface area contributed by atoms with Crippen LogP contribution in [-0.2, 0) is 11.3 Å². The summed E-state index contributed by atoms with van der Waals surface area (Å²) >= 11 is 6.10. The van der Waals surface area contributed by atoms with Crippen molar-refractivity contribution < 1.29 is 14.0 Å². The molecule has 6 nitrogen and oxygen atoms in total. The zero-order chi connectivity index (χ0) is 20.0. The number of nitrogens with zero attached hydrogens (tertiary/aromatic N) is 2. The number of benzene rings is 1. The van der Waals surface area contributed by atoms with Crippen LogP contribution in [0.15, 0.2) is 18.2 Å². The number of piperazine rings is 1. The summed E-state index contributed by atoms with van der Waals surface area (Å²) in [6.45, 7) is 9.91. The van der Waals surface area contributed by atoms with Crippen LogP contribution in [0.1, 0.15) is 26.3 Å². The van der Waals surface area contributed by atoms with E-state index in [0.717, 1.165) is 18.7 Å². The second-order valence-electron chi connectivity index (χ2n) is 7.32. The molecule has 2 rings (SSSR count). The quantitative estimate of drug-likeness (QED) is 0.772. The van der Waals surface area contributed by atoms with Gasteiger partial charge in [0.1, 0.15) is 5.82 Å². The molecule has 0 saturated carbocycles. The fraction of sp³-hybridized carbons (Fsp3) is 0.579. The van der Waals surface area contributed by atoms with E-state index >= 15 is 0 Å². The molecule has 1 aliphatic heterocycles. The highest BCUT2D eigenvalue weighted by Gasteiger charge is 2.26. The van der Waals surface area contributed by atoms with Crippen LogP contribution in [0.25, 0.3) is 0 Å². The Bertz CT molecular complexity index is 663. The molecule has 150 valence electrons. The molecule has 1 saturated heterocycles. The second kappa shape index (κ2) is 10.0. The minimum Gasteiger partial charge on any atom is -0.338 e. The van der Waals surface area contributed by atoms with Crippen molar-refractivity contribution in [1.29, 1.82) is 0 Å². The summed E-state index contributed by atoms with van der Waals surface area (Å²) in [5.74, 6) is -0.317. The number of halogens is 2. The minimum absolute atomic E-state index is 0.300. The fourth-order valence-electron chi connectivity index (χ4n) is 2.92. The smallest absolute Gasteiger partial charge is 0.321 e. The Kier molecular flexibility index (Phi) is 8.01. The number of imide groups is 1. The first kappa shape index (κ1) is 21.6. The summed E-state index contributed by atoms with van der Waals surface area (Å²) in [5, 5.41) is 5.50. The Labute approximate surface area is 165 Å². The van der Waals surface area contributed by atoms with Crippen molar-refractivity contribution in [2.75, 3.05) is 32.7 Å². The van der Waals surface area contributed by atoms with E-state index in [1.54, 1.807) is 13.0 Å². The Hall–Kier alpha value is -1.70. The van der Waals surface area contributed by atoms with Crippen LogP contribution in [0.3, 0.4) is 0 Å². The molecule has 2 N–H and O–H groups in total. The summed E-state index contributed by atoms with van der Waals surface area (Å²) in [5.41, 5.74) is 0.888. The van der Waals surface area contributed by atoms with E-state index in [1.165, 1.54) is 12.1 Å². The highest BCUT2D eigenvalue weighted by atomic mass is 35.5. The molecule has 0 radical (unpaired) electrons. The summed E-state index contributed by atoms with van der Waals surface area (Å²) < 4.78 is 13.1. The van der Waals surface area contributed by atoms with Crippen molar-refractivity contribution in [3.05, 3.63) is 34.6 Å². The van der Waals surface area contributed by atoms with Crippen LogP contribution in [0.2, 0.25) is 5.02 Å². The van der Waals surface area contributed by atoms with E-state index in [1.807, 2.05) is 18.7 Å². The van der Waals surface area contributed by atoms with Gasteiger partial charge in [-0.25, -0.2) is 9.18 Å². The predicted octanol–water partition coefficient (Wildman–Crippen LogP) is 2.47. The Balaban J connectivity index is 1.78. The molecule has 1 aromatic carbocycles. The van der Waals surface area contributed by atoms with Crippen LogP contribution in [0.5, 0.6) is 0 Å². The standard InChI is InChI=1S/C19H28ClFN4O2/c1-13(2)11-22-19(27)23-18(26)14(3)25-8-6-24(7-9-25)12-15-4-5-16(21)10-17(15)20/h4-5,10,13-14H,6-9,11-12H2,1-3H3,(H2,22,23,26,27). The predicted molar refractivity (Wildman–Crippen MR) is 104 cm³/mol. The molecule has 1 unspecified atom stereocenters. The van der Waals surface area contributed by atoms with Gasteiger partial charge < -0.3 is 5.32 Å². The van der Waals surface area contributed by atoms with Crippen molar-refractivity contribution in [3.63, 3.8) is 0 Å². The summed E-state index contributed by atoms with van der Waals surface area (Å²) in [6.07, 6.45) is 0. The van der Waals surface area contributed by atoms with Gasteiger partial charge in [0.25, 0.3) is 0 Å². The highest BCUT2D eigenvalue weighted by molar-refractivity contribution is 6.31. The monoisotopic (exact) mass is 398 g/mol. The van der Waals surface area contributed by atoms with Crippen LogP contribution in [-0.4, -0.2) is 60.5 Å². The molecule has 0 aromatic heterocycles. The number of urea groups is 1. The zero-order valence-electron chi connectivity index (χ0n) is 16.1. The molecule has 1 aliphatic rings. The van der Waals surface area contributed by atoms with Gasteiger partial charge in [0.2, 0.25) is 5.91 Å². The van der Waals surface area contributed by atoms with Gasteiger partial charge in [0.15, 0.2) is 0 Å². The van der Waals surface area contributed by atoms with Crippen molar-refractivity contribution in [2.45, 2.75) is 33.4 Å². The third-order valence-corrected chi connectivity index (χ3v) is 5.00. The number of rotatable bonds is 6. The van der Waals surface area contributed by atoms with E-state index < -0.39 is 6.03 Å². The van der Waals surface area contributed by atoms with E-state index in [-0.39, 0.29) is 17.8 Å². The molecule has 8 heteroatoms. The zero-order valence-corrected chi connectivity index (χ0v) is 16.9. The average molecular weight is 399 g/mol. The Morgan fingerprint density at radius 1 is 1.19 bits per heavy atom. The van der Waals surface area contributed by atoms with Crippen LogP contribution < -0.4 is 10.6 Å². The summed E-state index contributed by atoms with van der Waals surface area (Å²) in [4.78, 5) is 28.3. The number of amides is 3. The maximum atomic E-state index is 13.1. The molecule has 1 atom stereocenters. The third-order valence-electron chi connectivity index (χ3n) is 4.65. The normalized spacial score (nSPS) is 17.0. The van der Waals surface area contributed by atoms with Crippen molar-refractivity contribution in [3.8, 4) is 0 Å². The molecule has 1 fully saturated rings. The highest BCUT2D eigenvalue weighted by Crippen LogP contribution is 2.20. The lowest BCUT2D eigenvalue weighted by Gasteiger charge is -2.37. The van der Waals surface area contributed by atoms with Gasteiger partial charge in [-0.2, -0.15) is 0 Å². The maximum Gasteiger partial charge on any atom is 0.321 e. The van der Waals surface area contributed by atoms with E-state index in [4.69, 9.17) is 11.6 Å². The molecule has 1 heterocycles. The first-order valence-electron chi connectivity index (χ1n) is 9.25. The molecule has 27 heavy (non-hydrogen) atoms. The van der Waals surface area contributed by atoms with Gasteiger partial charge in [0, 0.05) is 44.3 Å². The molecular formula is C19H28ClFN4O2. The molecule has 1 aromatic rings. The van der Waals surface area contributed by atoms with Crippen molar-refractivity contribution >= 4 is 23.5 Å². The van der Waals surface area contributed by atoms with Crippen LogP contribution >= 0.6 is 11.6 Å². The lowest BCUT2D eigenvalue weighted by Crippen LogP contribution is -2.55. The van der Waals surface area contributed by atoms with E-state index in [0.29, 0.717) is 37.1 Å². The summed E-state index contributed by atoms with van der Waals surface area (Å²) in [6, 6.07) is 3.60. The van der Waals surface area contributed by atoms with Gasteiger partial charge in [-0.15, -0.1) is 0 Å². The second-order valence-corrected chi connectivity index (χ2v) is 7.72. The van der Waals surface area contributed by atoms with E-state index in [2.05, 4.69) is 15.5 Å². The Morgan fingerprint density at radius 3 is 2.44 bits per heavy atom. The number of hydrogen-bond donors (Lipinski definition) is 2. The molecule has 0 bridgehead atoms. The van der Waals surface area contributed by atoms with Crippen LogP contribution in [0.4, 0.5) is 9.18 Å². The van der Waals surface area contributed by atoms with Crippen molar-refractivity contribution in [1.82, 2.24) is 20.4 Å². The lowest BCUT2D eigenvalue weighted by atomic mass is 10.1. The molecular weight excluding hydrogens is 371 g/mol. The van der Waals surface area contributed by atoms with Crippen LogP contribution in [0, 0.1) is 11.7 Å². The van der Waals surface area contributed by atoms with Gasteiger partial charge >= 0.3 is 6.03 Å².